The van der Waals surface area contributed by atoms with Gasteiger partial charge in [-0.2, -0.15) is 0 Å². The van der Waals surface area contributed by atoms with Gasteiger partial charge < -0.3 is 4.84 Å². The molecule has 0 saturated heterocycles. The van der Waals surface area contributed by atoms with E-state index in [4.69, 9.17) is 4.84 Å². The fourth-order valence-corrected chi connectivity index (χ4v) is 2.37. The van der Waals surface area contributed by atoms with E-state index in [1.807, 2.05) is 37.4 Å². The first-order chi connectivity index (χ1) is 9.33. The van der Waals surface area contributed by atoms with Gasteiger partial charge in [0, 0.05) is 24.7 Å². The number of rotatable bonds is 3. The lowest BCUT2D eigenvalue weighted by Crippen LogP contribution is -2.03. The van der Waals surface area contributed by atoms with Gasteiger partial charge >= 0.3 is 0 Å². The molecule has 0 aliphatic carbocycles. The first-order valence-corrected chi connectivity index (χ1v) is 6.50. The van der Waals surface area contributed by atoms with Gasteiger partial charge in [0.05, 0.1) is 5.71 Å². The SMILES string of the molecule is CC1=NO[C@@H](c2ccccc2Cc2ccccn2)C1. The van der Waals surface area contributed by atoms with Crippen LogP contribution in [0.4, 0.5) is 0 Å². The zero-order valence-electron chi connectivity index (χ0n) is 10.9. The minimum atomic E-state index is 0.0555. The summed E-state index contributed by atoms with van der Waals surface area (Å²) in [5.41, 5.74) is 4.60. The molecule has 3 rings (SSSR count). The molecule has 1 aromatic heterocycles. The molecule has 2 aromatic rings. The lowest BCUT2D eigenvalue weighted by Gasteiger charge is -2.13. The molecule has 0 N–H and O–H groups in total. The van der Waals surface area contributed by atoms with E-state index >= 15 is 0 Å². The second-order valence-electron chi connectivity index (χ2n) is 4.82. The van der Waals surface area contributed by atoms with E-state index in [0.717, 1.165) is 24.2 Å². The molecule has 1 aliphatic rings. The van der Waals surface area contributed by atoms with Crippen molar-refractivity contribution < 1.29 is 4.84 Å². The molecule has 0 fully saturated rings. The van der Waals surface area contributed by atoms with E-state index in [2.05, 4.69) is 28.3 Å². The maximum atomic E-state index is 5.50. The van der Waals surface area contributed by atoms with Gasteiger partial charge in [0.2, 0.25) is 0 Å². The third-order valence-electron chi connectivity index (χ3n) is 3.32. The van der Waals surface area contributed by atoms with Gasteiger partial charge in [-0.25, -0.2) is 0 Å². The highest BCUT2D eigenvalue weighted by molar-refractivity contribution is 5.83. The lowest BCUT2D eigenvalue weighted by atomic mass is 9.96. The van der Waals surface area contributed by atoms with Gasteiger partial charge in [-0.15, -0.1) is 0 Å². The summed E-state index contributed by atoms with van der Waals surface area (Å²) in [5, 5.41) is 4.04. The van der Waals surface area contributed by atoms with Crippen molar-refractivity contribution in [2.24, 2.45) is 5.16 Å². The molecule has 96 valence electrons. The average molecular weight is 252 g/mol. The Labute approximate surface area is 112 Å². The van der Waals surface area contributed by atoms with Crippen LogP contribution in [0.5, 0.6) is 0 Å². The van der Waals surface area contributed by atoms with Crippen LogP contribution in [0.2, 0.25) is 0 Å². The van der Waals surface area contributed by atoms with E-state index in [0.29, 0.717) is 0 Å². The Bertz CT molecular complexity index is 593. The fraction of sp³-hybridized carbons (Fsp3) is 0.250. The molecule has 1 atom stereocenters. The predicted octanol–water partition coefficient (Wildman–Crippen LogP) is 3.51. The van der Waals surface area contributed by atoms with E-state index in [-0.39, 0.29) is 6.10 Å². The van der Waals surface area contributed by atoms with Gasteiger partial charge in [-0.1, -0.05) is 35.5 Å². The zero-order valence-corrected chi connectivity index (χ0v) is 10.9. The number of pyridine rings is 1. The highest BCUT2D eigenvalue weighted by Gasteiger charge is 2.22. The maximum absolute atomic E-state index is 5.50. The summed E-state index contributed by atoms with van der Waals surface area (Å²) in [5.74, 6) is 0. The summed E-state index contributed by atoms with van der Waals surface area (Å²) in [7, 11) is 0. The van der Waals surface area contributed by atoms with Crippen LogP contribution in [0.25, 0.3) is 0 Å². The van der Waals surface area contributed by atoms with Gasteiger partial charge in [0.15, 0.2) is 6.10 Å². The monoisotopic (exact) mass is 252 g/mol. The molecule has 0 radical (unpaired) electrons. The third-order valence-corrected chi connectivity index (χ3v) is 3.32. The van der Waals surface area contributed by atoms with Gasteiger partial charge in [-0.05, 0) is 30.2 Å². The van der Waals surface area contributed by atoms with Crippen molar-refractivity contribution in [2.75, 3.05) is 0 Å². The third kappa shape index (κ3) is 2.65. The van der Waals surface area contributed by atoms with Gasteiger partial charge in [0.25, 0.3) is 0 Å². The minimum absolute atomic E-state index is 0.0555. The molecule has 3 heteroatoms. The molecule has 19 heavy (non-hydrogen) atoms. The highest BCUT2D eigenvalue weighted by atomic mass is 16.6. The Morgan fingerprint density at radius 2 is 2.00 bits per heavy atom. The maximum Gasteiger partial charge on any atom is 0.158 e. The topological polar surface area (TPSA) is 34.5 Å². The quantitative estimate of drug-likeness (QED) is 0.837. The second kappa shape index (κ2) is 5.22. The summed E-state index contributed by atoms with van der Waals surface area (Å²) in [4.78, 5) is 9.88. The Morgan fingerprint density at radius 1 is 1.16 bits per heavy atom. The van der Waals surface area contributed by atoms with Crippen LogP contribution in [-0.2, 0) is 11.3 Å². The number of nitrogens with zero attached hydrogens (tertiary/aromatic N) is 2. The molecule has 1 aromatic carbocycles. The van der Waals surface area contributed by atoms with Crippen LogP contribution in [0, 0.1) is 0 Å². The molecule has 0 saturated carbocycles. The summed E-state index contributed by atoms with van der Waals surface area (Å²) in [6.45, 7) is 2.00. The molecule has 0 amide bonds. The molecule has 2 heterocycles. The van der Waals surface area contributed by atoms with Crippen molar-refractivity contribution in [3.8, 4) is 0 Å². The zero-order chi connectivity index (χ0) is 13.1. The van der Waals surface area contributed by atoms with E-state index in [9.17, 15) is 0 Å². The Hall–Kier alpha value is -2.16. The lowest BCUT2D eigenvalue weighted by molar-refractivity contribution is 0.0851. The smallest absolute Gasteiger partial charge is 0.158 e. The number of oxime groups is 1. The van der Waals surface area contributed by atoms with E-state index < -0.39 is 0 Å². The van der Waals surface area contributed by atoms with Crippen LogP contribution in [-0.4, -0.2) is 10.7 Å². The van der Waals surface area contributed by atoms with E-state index in [1.54, 1.807) is 0 Å². The molecule has 0 bridgehead atoms. The number of benzene rings is 1. The van der Waals surface area contributed by atoms with Crippen LogP contribution >= 0.6 is 0 Å². The first kappa shape index (κ1) is 11.9. The number of aromatic nitrogens is 1. The first-order valence-electron chi connectivity index (χ1n) is 6.50. The highest BCUT2D eigenvalue weighted by Crippen LogP contribution is 2.30. The summed E-state index contributed by atoms with van der Waals surface area (Å²) in [6, 6.07) is 14.4. The summed E-state index contributed by atoms with van der Waals surface area (Å²) in [6.07, 6.45) is 3.59. The van der Waals surface area contributed by atoms with Gasteiger partial charge in [0.1, 0.15) is 0 Å². The standard InChI is InChI=1S/C16H16N2O/c1-12-10-16(19-18-12)15-8-3-2-6-13(15)11-14-7-4-5-9-17-14/h2-9,16H,10-11H2,1H3/t16-/m1/s1. The Kier molecular flexibility index (Phi) is 3.27. The summed E-state index contributed by atoms with van der Waals surface area (Å²) < 4.78 is 0. The van der Waals surface area contributed by atoms with E-state index in [1.165, 1.54) is 11.1 Å². The minimum Gasteiger partial charge on any atom is -0.387 e. The molecule has 3 nitrogen and oxygen atoms in total. The second-order valence-corrected chi connectivity index (χ2v) is 4.82. The van der Waals surface area contributed by atoms with Crippen LogP contribution in [0.3, 0.4) is 0 Å². The Morgan fingerprint density at radius 3 is 2.74 bits per heavy atom. The van der Waals surface area contributed by atoms with Crippen molar-refractivity contribution in [1.82, 2.24) is 4.98 Å². The average Bonchev–Trinajstić information content (AvgIpc) is 2.87. The molecule has 1 aliphatic heterocycles. The normalized spacial score (nSPS) is 17.9. The number of hydrogen-bond acceptors (Lipinski definition) is 3. The summed E-state index contributed by atoms with van der Waals surface area (Å²) >= 11 is 0. The van der Waals surface area contributed by atoms with Crippen molar-refractivity contribution in [3.63, 3.8) is 0 Å². The fourth-order valence-electron chi connectivity index (χ4n) is 2.37. The van der Waals surface area contributed by atoms with Crippen molar-refractivity contribution in [2.45, 2.75) is 25.9 Å². The largest absolute Gasteiger partial charge is 0.387 e. The molecular weight excluding hydrogens is 236 g/mol. The molecule has 0 unspecified atom stereocenters. The van der Waals surface area contributed by atoms with Crippen LogP contribution in [0.1, 0.15) is 36.3 Å². The predicted molar refractivity (Wildman–Crippen MR) is 75.0 cm³/mol. The number of hydrogen-bond donors (Lipinski definition) is 0. The Balaban J connectivity index is 1.86. The molecule has 0 spiro atoms. The van der Waals surface area contributed by atoms with Gasteiger partial charge in [-0.3, -0.25) is 4.98 Å². The van der Waals surface area contributed by atoms with Crippen LogP contribution in [0.15, 0.2) is 53.8 Å². The van der Waals surface area contributed by atoms with Crippen molar-refractivity contribution in [1.29, 1.82) is 0 Å². The van der Waals surface area contributed by atoms with Crippen molar-refractivity contribution in [3.05, 3.63) is 65.5 Å². The van der Waals surface area contributed by atoms with Crippen molar-refractivity contribution >= 4 is 5.71 Å². The molecular formula is C16H16N2O. The van der Waals surface area contributed by atoms with Crippen LogP contribution < -0.4 is 0 Å².